The zero-order valence-electron chi connectivity index (χ0n) is 19.0. The molecule has 4 rings (SSSR count). The monoisotopic (exact) mass is 444 g/mol. The Hall–Kier alpha value is -3.80. The van der Waals surface area contributed by atoms with Gasteiger partial charge in [0, 0.05) is 23.3 Å². The highest BCUT2D eigenvalue weighted by Gasteiger charge is 2.23. The summed E-state index contributed by atoms with van der Waals surface area (Å²) in [6, 6.07) is 12.3. The lowest BCUT2D eigenvalue weighted by Crippen LogP contribution is -2.12. The number of benzene rings is 2. The largest absolute Gasteiger partial charge is 0.486 e. The van der Waals surface area contributed by atoms with Gasteiger partial charge in [0.2, 0.25) is 11.6 Å². The Kier molecular flexibility index (Phi) is 7.25. The minimum atomic E-state index is 0.308. The Morgan fingerprint density at radius 1 is 0.970 bits per heavy atom. The maximum absolute atomic E-state index is 6.27. The van der Waals surface area contributed by atoms with Gasteiger partial charge in [0.05, 0.1) is 19.1 Å². The van der Waals surface area contributed by atoms with E-state index in [1.165, 1.54) is 5.56 Å². The summed E-state index contributed by atoms with van der Waals surface area (Å²) in [5, 5.41) is 0.995. The smallest absolute Gasteiger partial charge is 0.232 e. The van der Waals surface area contributed by atoms with E-state index in [2.05, 4.69) is 40.8 Å². The second kappa shape index (κ2) is 10.7. The minimum Gasteiger partial charge on any atom is -0.486 e. The molecule has 33 heavy (non-hydrogen) atoms. The van der Waals surface area contributed by atoms with Crippen molar-refractivity contribution in [2.45, 2.75) is 26.7 Å². The van der Waals surface area contributed by atoms with E-state index in [9.17, 15) is 0 Å². The maximum Gasteiger partial charge on any atom is 0.232 e. The van der Waals surface area contributed by atoms with Crippen LogP contribution in [0.5, 0.6) is 17.4 Å². The summed E-state index contributed by atoms with van der Waals surface area (Å²) in [4.78, 5) is 8.12. The third kappa shape index (κ3) is 5.34. The summed E-state index contributed by atoms with van der Waals surface area (Å²) < 4.78 is 23.9. The Morgan fingerprint density at radius 3 is 2.52 bits per heavy atom. The number of hydrogen-bond acceptors (Lipinski definition) is 6. The zero-order valence-corrected chi connectivity index (χ0v) is 19.0. The summed E-state index contributed by atoms with van der Waals surface area (Å²) in [7, 11) is 0. The molecule has 6 heteroatoms. The van der Waals surface area contributed by atoms with Crippen molar-refractivity contribution in [1.29, 1.82) is 0 Å². The molecular weight excluding hydrogens is 416 g/mol. The highest BCUT2D eigenvalue weighted by molar-refractivity contribution is 5.94. The molecule has 0 N–H and O–H groups in total. The van der Waals surface area contributed by atoms with Crippen molar-refractivity contribution in [3.63, 3.8) is 0 Å². The van der Waals surface area contributed by atoms with Gasteiger partial charge in [-0.15, -0.1) is 0 Å². The summed E-state index contributed by atoms with van der Waals surface area (Å²) in [5.41, 5.74) is 4.85. The van der Waals surface area contributed by atoms with Crippen LogP contribution in [0.4, 0.5) is 0 Å². The number of furan rings is 1. The molecule has 4 aromatic rings. The Balaban J connectivity index is 1.53. The van der Waals surface area contributed by atoms with Crippen LogP contribution in [0.1, 0.15) is 30.0 Å². The highest BCUT2D eigenvalue weighted by Crippen LogP contribution is 2.45. The molecule has 0 atom stereocenters. The van der Waals surface area contributed by atoms with Gasteiger partial charge in [-0.25, -0.2) is 4.98 Å². The fourth-order valence-corrected chi connectivity index (χ4v) is 3.83. The van der Waals surface area contributed by atoms with Crippen LogP contribution in [0.25, 0.3) is 16.5 Å². The molecule has 2 aromatic carbocycles. The van der Waals surface area contributed by atoms with E-state index in [4.69, 9.17) is 18.6 Å². The van der Waals surface area contributed by atoms with Crippen molar-refractivity contribution in [2.24, 2.45) is 0 Å². The standard InChI is InChI=1S/C27H28N2O4/c1-19(2)24-20(3)22-11-15-32-25(22)27(31-14-7-10-21-8-5-4-6-9-21)26(24)33-17-16-30-23-18-28-12-13-29-23/h4-6,8-9,11-13,15,18H,1,7,10,14,16-17H2,2-3H3. The second-order valence-electron chi connectivity index (χ2n) is 7.78. The number of nitrogens with zero attached hydrogens (tertiary/aromatic N) is 2. The van der Waals surface area contributed by atoms with Crippen molar-refractivity contribution in [2.75, 3.05) is 19.8 Å². The van der Waals surface area contributed by atoms with E-state index in [-0.39, 0.29) is 0 Å². The van der Waals surface area contributed by atoms with Crippen LogP contribution in [-0.2, 0) is 6.42 Å². The molecule has 0 spiro atoms. The molecule has 0 aliphatic rings. The molecular formula is C27H28N2O4. The number of aryl methyl sites for hydroxylation is 2. The zero-order chi connectivity index (χ0) is 23.0. The maximum atomic E-state index is 6.27. The third-order valence-corrected chi connectivity index (χ3v) is 5.33. The predicted molar refractivity (Wildman–Crippen MR) is 129 cm³/mol. The molecule has 0 bridgehead atoms. The van der Waals surface area contributed by atoms with Crippen LogP contribution in [0, 0.1) is 6.92 Å². The summed E-state index contributed by atoms with van der Waals surface area (Å²) in [6.07, 6.45) is 8.24. The average Bonchev–Trinajstić information content (AvgIpc) is 3.32. The van der Waals surface area contributed by atoms with Gasteiger partial charge in [0.25, 0.3) is 0 Å². The molecule has 0 aliphatic heterocycles. The SMILES string of the molecule is C=C(C)c1c(OCCOc2cnccn2)c(OCCCc2ccccc2)c2occc2c1C. The van der Waals surface area contributed by atoms with Crippen molar-refractivity contribution >= 4 is 16.5 Å². The van der Waals surface area contributed by atoms with Crippen LogP contribution in [0.2, 0.25) is 0 Å². The molecule has 170 valence electrons. The lowest BCUT2D eigenvalue weighted by Gasteiger charge is -2.19. The lowest BCUT2D eigenvalue weighted by molar-refractivity contribution is 0.201. The van der Waals surface area contributed by atoms with E-state index in [1.54, 1.807) is 24.9 Å². The van der Waals surface area contributed by atoms with Gasteiger partial charge in [-0.05, 0) is 49.5 Å². The molecule has 0 unspecified atom stereocenters. The first kappa shape index (κ1) is 22.4. The van der Waals surface area contributed by atoms with Crippen LogP contribution in [-0.4, -0.2) is 29.8 Å². The molecule has 0 saturated heterocycles. The summed E-state index contributed by atoms with van der Waals surface area (Å²) >= 11 is 0. The van der Waals surface area contributed by atoms with Crippen LogP contribution >= 0.6 is 0 Å². The van der Waals surface area contributed by atoms with E-state index in [0.717, 1.165) is 34.9 Å². The lowest BCUT2D eigenvalue weighted by atomic mass is 9.97. The van der Waals surface area contributed by atoms with E-state index in [0.29, 0.717) is 42.8 Å². The van der Waals surface area contributed by atoms with Crippen molar-refractivity contribution in [3.05, 3.63) is 84.5 Å². The molecule has 0 saturated carbocycles. The molecule has 0 aliphatic carbocycles. The predicted octanol–water partition coefficient (Wildman–Crippen LogP) is 6.03. The molecule has 2 aromatic heterocycles. The number of hydrogen-bond donors (Lipinski definition) is 0. The Bertz CT molecular complexity index is 1200. The minimum absolute atomic E-state index is 0.308. The first-order valence-corrected chi connectivity index (χ1v) is 11.0. The van der Waals surface area contributed by atoms with Gasteiger partial charge in [0.15, 0.2) is 11.3 Å². The topological polar surface area (TPSA) is 66.6 Å². The van der Waals surface area contributed by atoms with Gasteiger partial charge in [-0.2, -0.15) is 0 Å². The number of ether oxygens (including phenoxy) is 3. The van der Waals surface area contributed by atoms with E-state index < -0.39 is 0 Å². The number of fused-ring (bicyclic) bond motifs is 1. The van der Waals surface area contributed by atoms with Crippen molar-refractivity contribution < 1.29 is 18.6 Å². The number of allylic oxidation sites excluding steroid dienone is 1. The van der Waals surface area contributed by atoms with Crippen molar-refractivity contribution in [3.8, 4) is 17.4 Å². The molecule has 2 heterocycles. The number of rotatable bonds is 11. The normalized spacial score (nSPS) is 10.8. The molecule has 0 fully saturated rings. The first-order chi connectivity index (χ1) is 16.1. The average molecular weight is 445 g/mol. The fraction of sp³-hybridized carbons (Fsp3) is 0.259. The number of aromatic nitrogens is 2. The van der Waals surface area contributed by atoms with E-state index >= 15 is 0 Å². The molecule has 6 nitrogen and oxygen atoms in total. The van der Waals surface area contributed by atoms with Crippen LogP contribution in [0.15, 0.2) is 72.2 Å². The fourth-order valence-electron chi connectivity index (χ4n) is 3.83. The summed E-state index contributed by atoms with van der Waals surface area (Å²) in [5.74, 6) is 1.69. The second-order valence-corrected chi connectivity index (χ2v) is 7.78. The third-order valence-electron chi connectivity index (χ3n) is 5.33. The molecule has 0 radical (unpaired) electrons. The quantitative estimate of drug-likeness (QED) is 0.263. The van der Waals surface area contributed by atoms with Gasteiger partial charge in [-0.3, -0.25) is 4.98 Å². The van der Waals surface area contributed by atoms with Crippen LogP contribution in [0.3, 0.4) is 0 Å². The van der Waals surface area contributed by atoms with Gasteiger partial charge >= 0.3 is 0 Å². The van der Waals surface area contributed by atoms with Gasteiger partial charge < -0.3 is 18.6 Å². The van der Waals surface area contributed by atoms with Crippen molar-refractivity contribution in [1.82, 2.24) is 9.97 Å². The highest BCUT2D eigenvalue weighted by atomic mass is 16.5. The Morgan fingerprint density at radius 2 is 1.76 bits per heavy atom. The Labute approximate surface area is 193 Å². The van der Waals surface area contributed by atoms with Gasteiger partial charge in [0.1, 0.15) is 13.2 Å². The van der Waals surface area contributed by atoms with E-state index in [1.807, 2.05) is 26.0 Å². The first-order valence-electron chi connectivity index (χ1n) is 11.0. The summed E-state index contributed by atoms with van der Waals surface area (Å²) in [6.45, 7) is 9.35. The van der Waals surface area contributed by atoms with Crippen LogP contribution < -0.4 is 14.2 Å². The molecule has 0 amide bonds. The van der Waals surface area contributed by atoms with Gasteiger partial charge in [-0.1, -0.05) is 36.9 Å².